The summed E-state index contributed by atoms with van der Waals surface area (Å²) in [5.41, 5.74) is 0.151. The number of benzene rings is 1. The molecule has 90 valence electrons. The number of halogens is 1. The first kappa shape index (κ1) is 13.3. The van der Waals surface area contributed by atoms with Gasteiger partial charge < -0.3 is 9.84 Å². The van der Waals surface area contributed by atoms with Crippen molar-refractivity contribution >= 4 is 17.3 Å². The number of aliphatic hydroxyl groups is 1. The molecule has 0 heterocycles. The number of ether oxygens (including phenoxy) is 1. The Hall–Kier alpha value is -1.77. The number of rotatable bonds is 3. The lowest BCUT2D eigenvalue weighted by Gasteiger charge is -2.03. The standard InChI is InChI=1S/C11H10ClNO4/c1-17-11-7-9(12)8(4-2-3-5-14)6-10(11)13(15)16/h6-7,14H,3,5H2,1H3. The minimum absolute atomic E-state index is 0.0666. The van der Waals surface area contributed by atoms with Crippen LogP contribution in [0.3, 0.4) is 0 Å². The summed E-state index contributed by atoms with van der Waals surface area (Å²) in [6, 6.07) is 2.61. The predicted molar refractivity (Wildman–Crippen MR) is 63.2 cm³/mol. The average Bonchev–Trinajstić information content (AvgIpc) is 2.30. The zero-order valence-corrected chi connectivity index (χ0v) is 9.82. The van der Waals surface area contributed by atoms with Crippen molar-refractivity contribution in [3.63, 3.8) is 0 Å². The normalized spacial score (nSPS) is 9.35. The molecule has 0 saturated heterocycles. The van der Waals surface area contributed by atoms with E-state index in [0.29, 0.717) is 5.56 Å². The lowest BCUT2D eigenvalue weighted by atomic mass is 10.2. The first-order chi connectivity index (χ1) is 8.10. The lowest BCUT2D eigenvalue weighted by Crippen LogP contribution is -1.95. The highest BCUT2D eigenvalue weighted by Crippen LogP contribution is 2.32. The summed E-state index contributed by atoms with van der Waals surface area (Å²) in [7, 11) is 1.33. The fourth-order valence-corrected chi connectivity index (χ4v) is 1.36. The van der Waals surface area contributed by atoms with E-state index in [2.05, 4.69) is 11.8 Å². The van der Waals surface area contributed by atoms with Crippen LogP contribution in [0.15, 0.2) is 12.1 Å². The quantitative estimate of drug-likeness (QED) is 0.509. The Bertz CT molecular complexity index is 490. The van der Waals surface area contributed by atoms with Gasteiger partial charge in [-0.1, -0.05) is 23.4 Å². The van der Waals surface area contributed by atoms with Gasteiger partial charge in [-0.2, -0.15) is 0 Å². The van der Waals surface area contributed by atoms with Crippen LogP contribution in [0.2, 0.25) is 5.02 Å². The van der Waals surface area contributed by atoms with Gasteiger partial charge in [0.2, 0.25) is 0 Å². The van der Waals surface area contributed by atoms with Crippen molar-refractivity contribution in [1.29, 1.82) is 0 Å². The van der Waals surface area contributed by atoms with Crippen molar-refractivity contribution in [1.82, 2.24) is 0 Å². The van der Waals surface area contributed by atoms with E-state index in [-0.39, 0.29) is 29.5 Å². The van der Waals surface area contributed by atoms with Crippen molar-refractivity contribution in [2.24, 2.45) is 0 Å². The van der Waals surface area contributed by atoms with Crippen LogP contribution >= 0.6 is 11.6 Å². The summed E-state index contributed by atoms with van der Waals surface area (Å²) < 4.78 is 4.85. The van der Waals surface area contributed by atoms with Crippen LogP contribution < -0.4 is 4.74 Å². The zero-order chi connectivity index (χ0) is 12.8. The van der Waals surface area contributed by atoms with E-state index in [1.807, 2.05) is 0 Å². The molecule has 1 rings (SSSR count). The maximum atomic E-state index is 10.8. The van der Waals surface area contributed by atoms with Gasteiger partial charge in [0, 0.05) is 18.6 Å². The molecule has 17 heavy (non-hydrogen) atoms. The summed E-state index contributed by atoms with van der Waals surface area (Å²) >= 11 is 5.90. The second kappa shape index (κ2) is 6.09. The molecule has 0 radical (unpaired) electrons. The Morgan fingerprint density at radius 2 is 2.29 bits per heavy atom. The van der Waals surface area contributed by atoms with Gasteiger partial charge in [0.1, 0.15) is 0 Å². The van der Waals surface area contributed by atoms with Crippen molar-refractivity contribution in [3.05, 3.63) is 32.8 Å². The number of hydrogen-bond donors (Lipinski definition) is 1. The third-order valence-corrected chi connectivity index (χ3v) is 2.24. The Labute approximate surface area is 103 Å². The molecule has 0 saturated carbocycles. The molecule has 0 fully saturated rings. The maximum absolute atomic E-state index is 10.8. The Morgan fingerprint density at radius 3 is 2.82 bits per heavy atom. The first-order valence-corrected chi connectivity index (χ1v) is 5.09. The van der Waals surface area contributed by atoms with Crippen LogP contribution in [0.1, 0.15) is 12.0 Å². The van der Waals surface area contributed by atoms with Crippen LogP contribution in [-0.4, -0.2) is 23.7 Å². The van der Waals surface area contributed by atoms with E-state index in [1.165, 1.54) is 19.2 Å². The molecule has 0 aliphatic rings. The van der Waals surface area contributed by atoms with Gasteiger partial charge in [-0.25, -0.2) is 0 Å². The van der Waals surface area contributed by atoms with Crippen LogP contribution in [0, 0.1) is 22.0 Å². The monoisotopic (exact) mass is 255 g/mol. The second-order valence-corrected chi connectivity index (χ2v) is 3.44. The molecule has 1 aromatic rings. The number of nitro benzene ring substituents is 1. The second-order valence-electron chi connectivity index (χ2n) is 3.04. The van der Waals surface area contributed by atoms with E-state index < -0.39 is 4.92 Å². The van der Waals surface area contributed by atoms with Gasteiger partial charge >= 0.3 is 5.69 Å². The molecule has 0 atom stereocenters. The SMILES string of the molecule is COc1cc(Cl)c(C#CCCO)cc1[N+](=O)[O-]. The largest absolute Gasteiger partial charge is 0.490 e. The van der Waals surface area contributed by atoms with Gasteiger partial charge in [-0.3, -0.25) is 10.1 Å². The van der Waals surface area contributed by atoms with Crippen LogP contribution in [0.4, 0.5) is 5.69 Å². The molecule has 0 aromatic heterocycles. The third-order valence-electron chi connectivity index (χ3n) is 1.93. The highest BCUT2D eigenvalue weighted by Gasteiger charge is 2.17. The number of nitro groups is 1. The molecule has 1 aromatic carbocycles. The van der Waals surface area contributed by atoms with E-state index in [1.54, 1.807) is 0 Å². The Kier molecular flexibility index (Phi) is 4.76. The molecule has 0 bridgehead atoms. The van der Waals surface area contributed by atoms with E-state index in [4.69, 9.17) is 21.4 Å². The smallest absolute Gasteiger partial charge is 0.312 e. The first-order valence-electron chi connectivity index (χ1n) is 4.71. The minimum Gasteiger partial charge on any atom is -0.490 e. The molecule has 0 aliphatic heterocycles. The minimum atomic E-state index is -0.563. The predicted octanol–water partition coefficient (Wildman–Crippen LogP) is 1.99. The fraction of sp³-hybridized carbons (Fsp3) is 0.273. The molecule has 0 aliphatic carbocycles. The van der Waals surface area contributed by atoms with Gasteiger partial charge in [-0.05, 0) is 0 Å². The van der Waals surface area contributed by atoms with Crippen LogP contribution in [-0.2, 0) is 0 Å². The topological polar surface area (TPSA) is 72.6 Å². The zero-order valence-electron chi connectivity index (χ0n) is 9.07. The maximum Gasteiger partial charge on any atom is 0.312 e. The van der Waals surface area contributed by atoms with E-state index in [0.717, 1.165) is 0 Å². The van der Waals surface area contributed by atoms with Crippen molar-refractivity contribution in [2.75, 3.05) is 13.7 Å². The molecule has 0 unspecified atom stereocenters. The summed E-state index contributed by atoms with van der Waals surface area (Å²) in [4.78, 5) is 10.2. The van der Waals surface area contributed by atoms with Crippen LogP contribution in [0.5, 0.6) is 5.75 Å². The van der Waals surface area contributed by atoms with E-state index in [9.17, 15) is 10.1 Å². The fourth-order valence-electron chi connectivity index (χ4n) is 1.16. The van der Waals surface area contributed by atoms with Crippen LogP contribution in [0.25, 0.3) is 0 Å². The molecule has 5 nitrogen and oxygen atoms in total. The summed E-state index contributed by atoms with van der Waals surface area (Å²) in [6.07, 6.45) is 0.288. The molecule has 1 N–H and O–H groups in total. The Balaban J connectivity index is 3.21. The summed E-state index contributed by atoms with van der Waals surface area (Å²) in [6.45, 7) is -0.0666. The summed E-state index contributed by atoms with van der Waals surface area (Å²) in [5, 5.41) is 19.6. The van der Waals surface area contributed by atoms with Gasteiger partial charge in [0.15, 0.2) is 5.75 Å². The molecule has 0 spiro atoms. The van der Waals surface area contributed by atoms with Gasteiger partial charge in [0.25, 0.3) is 0 Å². The molecule has 0 amide bonds. The van der Waals surface area contributed by atoms with Gasteiger partial charge in [0.05, 0.1) is 29.2 Å². The van der Waals surface area contributed by atoms with Crippen molar-refractivity contribution in [3.8, 4) is 17.6 Å². The van der Waals surface area contributed by atoms with Crippen molar-refractivity contribution < 1.29 is 14.8 Å². The summed E-state index contributed by atoms with van der Waals surface area (Å²) in [5.74, 6) is 5.40. The number of nitrogens with zero attached hydrogens (tertiary/aromatic N) is 1. The van der Waals surface area contributed by atoms with Gasteiger partial charge in [-0.15, -0.1) is 0 Å². The molecule has 6 heteroatoms. The highest BCUT2D eigenvalue weighted by molar-refractivity contribution is 6.32. The number of methoxy groups -OCH3 is 1. The lowest BCUT2D eigenvalue weighted by molar-refractivity contribution is -0.385. The highest BCUT2D eigenvalue weighted by atomic mass is 35.5. The van der Waals surface area contributed by atoms with E-state index >= 15 is 0 Å². The molecular weight excluding hydrogens is 246 g/mol. The molecular formula is C11H10ClNO4. The third kappa shape index (κ3) is 3.34. The number of aliphatic hydroxyl groups excluding tert-OH is 1. The Morgan fingerprint density at radius 1 is 1.59 bits per heavy atom. The number of hydrogen-bond acceptors (Lipinski definition) is 4. The average molecular weight is 256 g/mol. The van der Waals surface area contributed by atoms with Crippen molar-refractivity contribution in [2.45, 2.75) is 6.42 Å².